The summed E-state index contributed by atoms with van der Waals surface area (Å²) in [5.74, 6) is -0.573. The van der Waals surface area contributed by atoms with Gasteiger partial charge < -0.3 is 25.4 Å². The number of carbonyl (C=O) groups excluding carboxylic acids is 4. The highest BCUT2D eigenvalue weighted by molar-refractivity contribution is 6.02. The van der Waals surface area contributed by atoms with Crippen molar-refractivity contribution >= 4 is 29.7 Å². The summed E-state index contributed by atoms with van der Waals surface area (Å²) >= 11 is 0. The second-order valence-electron chi connectivity index (χ2n) is 9.90. The maximum absolute atomic E-state index is 13.4. The van der Waals surface area contributed by atoms with E-state index in [-0.39, 0.29) is 49.4 Å². The van der Waals surface area contributed by atoms with E-state index in [1.807, 2.05) is 13.8 Å². The van der Waals surface area contributed by atoms with E-state index in [0.29, 0.717) is 24.9 Å². The molecular weight excluding hydrogens is 490 g/mol. The molecule has 1 fully saturated rings. The molecule has 1 saturated heterocycles. The number of aliphatic imine (C=N–C) groups is 1. The van der Waals surface area contributed by atoms with Crippen molar-refractivity contribution in [2.24, 2.45) is 16.6 Å². The number of nitrogens with one attached hydrogen (secondary N) is 2. The Balaban J connectivity index is 1.98. The van der Waals surface area contributed by atoms with Crippen LogP contribution in [0.15, 0.2) is 29.3 Å². The van der Waals surface area contributed by atoms with E-state index in [9.17, 15) is 19.2 Å². The van der Waals surface area contributed by atoms with Crippen LogP contribution >= 0.6 is 0 Å². The van der Waals surface area contributed by atoms with Crippen molar-refractivity contribution in [3.05, 3.63) is 35.4 Å². The lowest BCUT2D eigenvalue weighted by Gasteiger charge is -2.29. The molecule has 0 radical (unpaired) electrons. The SMILES string of the molecule is CCOC(=O)CN[C@H](CC(C)C)C(=O)N1CCC[C@H]1C(=O)NCc1ccc(C(N)=NC(=O)OC(C)C)cc1. The van der Waals surface area contributed by atoms with Gasteiger partial charge in [0.05, 0.1) is 25.3 Å². The van der Waals surface area contributed by atoms with E-state index in [4.69, 9.17) is 15.2 Å². The highest BCUT2D eigenvalue weighted by atomic mass is 16.6. The smallest absolute Gasteiger partial charge is 0.435 e. The van der Waals surface area contributed by atoms with Gasteiger partial charge in [0, 0.05) is 18.7 Å². The Hall–Kier alpha value is -3.47. The van der Waals surface area contributed by atoms with Crippen LogP contribution in [-0.2, 0) is 30.4 Å². The Morgan fingerprint density at radius 1 is 1.13 bits per heavy atom. The predicted octanol–water partition coefficient (Wildman–Crippen LogP) is 2.11. The minimum atomic E-state index is -0.753. The molecule has 210 valence electrons. The number of nitrogens with two attached hydrogens (primary N) is 1. The number of carbonyl (C=O) groups is 4. The van der Waals surface area contributed by atoms with Gasteiger partial charge in [0.15, 0.2) is 0 Å². The first-order valence-corrected chi connectivity index (χ1v) is 13.1. The number of nitrogens with zero attached hydrogens (tertiary/aromatic N) is 2. The molecule has 11 nitrogen and oxygen atoms in total. The van der Waals surface area contributed by atoms with E-state index in [1.165, 1.54) is 0 Å². The second kappa shape index (κ2) is 15.1. The molecule has 1 aromatic rings. The van der Waals surface area contributed by atoms with Crippen LogP contribution in [0.3, 0.4) is 0 Å². The van der Waals surface area contributed by atoms with Crippen LogP contribution in [0.25, 0.3) is 0 Å². The predicted molar refractivity (Wildman–Crippen MR) is 143 cm³/mol. The monoisotopic (exact) mass is 531 g/mol. The number of benzene rings is 1. The van der Waals surface area contributed by atoms with Crippen molar-refractivity contribution in [2.45, 2.75) is 78.6 Å². The van der Waals surface area contributed by atoms with Crippen molar-refractivity contribution in [3.8, 4) is 0 Å². The van der Waals surface area contributed by atoms with Crippen molar-refractivity contribution in [2.75, 3.05) is 19.7 Å². The first-order chi connectivity index (χ1) is 18.0. The van der Waals surface area contributed by atoms with Crippen LogP contribution < -0.4 is 16.4 Å². The molecule has 0 aromatic heterocycles. The fourth-order valence-corrected chi connectivity index (χ4v) is 4.16. The van der Waals surface area contributed by atoms with Crippen LogP contribution in [0, 0.1) is 5.92 Å². The first kappa shape index (κ1) is 30.8. The van der Waals surface area contributed by atoms with E-state index in [0.717, 1.165) is 12.0 Å². The number of esters is 1. The van der Waals surface area contributed by atoms with Crippen LogP contribution in [0.4, 0.5) is 4.79 Å². The summed E-state index contributed by atoms with van der Waals surface area (Å²) in [6, 6.07) is 5.82. The summed E-state index contributed by atoms with van der Waals surface area (Å²) in [7, 11) is 0. The van der Waals surface area contributed by atoms with Crippen molar-refractivity contribution < 1.29 is 28.7 Å². The Kier molecular flexibility index (Phi) is 12.2. The molecule has 0 bridgehead atoms. The normalized spacial score (nSPS) is 16.4. The van der Waals surface area contributed by atoms with E-state index < -0.39 is 24.1 Å². The summed E-state index contributed by atoms with van der Waals surface area (Å²) in [5.41, 5.74) is 7.27. The van der Waals surface area contributed by atoms with Crippen molar-refractivity contribution in [1.29, 1.82) is 0 Å². The van der Waals surface area contributed by atoms with Crippen molar-refractivity contribution in [1.82, 2.24) is 15.5 Å². The number of rotatable bonds is 12. The highest BCUT2D eigenvalue weighted by Gasteiger charge is 2.37. The van der Waals surface area contributed by atoms with E-state index in [1.54, 1.807) is 49.9 Å². The Morgan fingerprint density at radius 2 is 1.82 bits per heavy atom. The lowest BCUT2D eigenvalue weighted by atomic mass is 10.0. The molecule has 0 aliphatic carbocycles. The zero-order valence-electron chi connectivity index (χ0n) is 23.0. The number of likely N-dealkylation sites (tertiary alicyclic amines) is 1. The lowest BCUT2D eigenvalue weighted by molar-refractivity contribution is -0.143. The molecule has 1 heterocycles. The quantitative estimate of drug-likeness (QED) is 0.211. The van der Waals surface area contributed by atoms with Crippen LogP contribution in [0.2, 0.25) is 0 Å². The van der Waals surface area contributed by atoms with Gasteiger partial charge in [-0.1, -0.05) is 38.1 Å². The fraction of sp³-hybridized carbons (Fsp3) is 0.593. The van der Waals surface area contributed by atoms with Gasteiger partial charge in [-0.2, -0.15) is 4.99 Å². The molecule has 2 atom stereocenters. The van der Waals surface area contributed by atoms with E-state index in [2.05, 4.69) is 15.6 Å². The van der Waals surface area contributed by atoms with E-state index >= 15 is 0 Å². The topological polar surface area (TPSA) is 152 Å². The summed E-state index contributed by atoms with van der Waals surface area (Å²) in [6.07, 6.45) is 0.788. The largest absolute Gasteiger partial charge is 0.465 e. The molecule has 3 amide bonds. The standard InChI is InChI=1S/C27H41N5O6/c1-6-37-23(33)16-29-21(14-17(2)3)26(35)32-13-7-8-22(32)25(34)30-15-19-9-11-20(12-10-19)24(28)31-27(36)38-18(4)5/h9-12,17-18,21-22,29H,6-8,13-16H2,1-5H3,(H,30,34)(H2,28,31,36)/t21-,22+/m1/s1. The lowest BCUT2D eigenvalue weighted by Crippen LogP contribution is -2.53. The van der Waals surface area contributed by atoms with Gasteiger partial charge >= 0.3 is 12.1 Å². The van der Waals surface area contributed by atoms with Gasteiger partial charge in [-0.25, -0.2) is 4.79 Å². The van der Waals surface area contributed by atoms with Gasteiger partial charge in [-0.3, -0.25) is 19.7 Å². The van der Waals surface area contributed by atoms with Crippen LogP contribution in [-0.4, -0.2) is 72.5 Å². The zero-order valence-corrected chi connectivity index (χ0v) is 23.0. The third-order valence-electron chi connectivity index (χ3n) is 5.91. The molecular formula is C27H41N5O6. The summed E-state index contributed by atoms with van der Waals surface area (Å²) in [6.45, 7) is 10.1. The summed E-state index contributed by atoms with van der Waals surface area (Å²) in [5, 5.41) is 5.93. The van der Waals surface area contributed by atoms with Gasteiger partial charge in [0.2, 0.25) is 11.8 Å². The van der Waals surface area contributed by atoms with Gasteiger partial charge in [0.1, 0.15) is 11.9 Å². The maximum Gasteiger partial charge on any atom is 0.435 e. The molecule has 4 N–H and O–H groups in total. The molecule has 11 heteroatoms. The number of ether oxygens (including phenoxy) is 2. The Morgan fingerprint density at radius 3 is 2.42 bits per heavy atom. The third kappa shape index (κ3) is 9.77. The summed E-state index contributed by atoms with van der Waals surface area (Å²) in [4.78, 5) is 55.2. The maximum atomic E-state index is 13.4. The molecule has 38 heavy (non-hydrogen) atoms. The average Bonchev–Trinajstić information content (AvgIpc) is 3.34. The average molecular weight is 532 g/mol. The minimum Gasteiger partial charge on any atom is -0.465 e. The number of amides is 3. The number of hydrogen-bond acceptors (Lipinski definition) is 7. The highest BCUT2D eigenvalue weighted by Crippen LogP contribution is 2.20. The Labute approximate surface area is 224 Å². The molecule has 1 aromatic carbocycles. The van der Waals surface area contributed by atoms with Crippen LogP contribution in [0.5, 0.6) is 0 Å². The van der Waals surface area contributed by atoms with Gasteiger partial charge in [-0.15, -0.1) is 0 Å². The molecule has 1 aliphatic rings. The number of hydrogen-bond donors (Lipinski definition) is 3. The zero-order chi connectivity index (χ0) is 28.2. The van der Waals surface area contributed by atoms with Crippen molar-refractivity contribution in [3.63, 3.8) is 0 Å². The molecule has 1 aliphatic heterocycles. The second-order valence-corrected chi connectivity index (χ2v) is 9.90. The fourth-order valence-electron chi connectivity index (χ4n) is 4.16. The first-order valence-electron chi connectivity index (χ1n) is 13.1. The minimum absolute atomic E-state index is 0.0406. The van der Waals surface area contributed by atoms with Crippen LogP contribution in [0.1, 0.15) is 65.0 Å². The van der Waals surface area contributed by atoms with Gasteiger partial charge in [0.25, 0.3) is 0 Å². The molecule has 0 spiro atoms. The summed E-state index contributed by atoms with van der Waals surface area (Å²) < 4.78 is 9.93. The molecule has 2 rings (SSSR count). The molecule has 0 unspecified atom stereocenters. The molecule has 0 saturated carbocycles. The number of amidine groups is 1. The Bertz CT molecular complexity index is 992. The van der Waals surface area contributed by atoms with Gasteiger partial charge in [-0.05, 0) is 51.5 Å². The third-order valence-corrected chi connectivity index (χ3v) is 5.91.